The van der Waals surface area contributed by atoms with E-state index in [1.807, 2.05) is 25.1 Å². The van der Waals surface area contributed by atoms with Gasteiger partial charge in [-0.2, -0.15) is 0 Å². The number of nitrogens with two attached hydrogens (primary N) is 1. The Morgan fingerprint density at radius 2 is 2.03 bits per heavy atom. The summed E-state index contributed by atoms with van der Waals surface area (Å²) in [7, 11) is 1.59. The van der Waals surface area contributed by atoms with Gasteiger partial charge in [-0.25, -0.2) is 9.97 Å². The molecule has 2 aromatic rings. The third-order valence-corrected chi connectivity index (χ3v) is 7.88. The molecule has 0 aliphatic carbocycles. The van der Waals surface area contributed by atoms with Crippen LogP contribution in [0.5, 0.6) is 5.75 Å². The summed E-state index contributed by atoms with van der Waals surface area (Å²) < 4.78 is 11.5. The highest BCUT2D eigenvalue weighted by Crippen LogP contribution is 2.45. The molecule has 0 unspecified atom stereocenters. The fourth-order valence-electron chi connectivity index (χ4n) is 5.05. The first kappa shape index (κ1) is 24.2. The smallest absolute Gasteiger partial charge is 0.153 e. The minimum absolute atomic E-state index is 0.132. The molecule has 2 fully saturated rings. The number of benzene rings is 1. The molecular formula is C25H35ClN4O3. The van der Waals surface area contributed by atoms with Crippen LogP contribution in [0.15, 0.2) is 18.2 Å². The zero-order chi connectivity index (χ0) is 23.8. The van der Waals surface area contributed by atoms with Gasteiger partial charge in [0.05, 0.1) is 42.8 Å². The summed E-state index contributed by atoms with van der Waals surface area (Å²) in [5.74, 6) is 1.70. The molecule has 3 atom stereocenters. The molecule has 2 aliphatic rings. The van der Waals surface area contributed by atoms with E-state index in [4.69, 9.17) is 36.8 Å². The molecule has 3 N–H and O–H groups in total. The van der Waals surface area contributed by atoms with Crippen molar-refractivity contribution in [3.8, 4) is 17.0 Å². The van der Waals surface area contributed by atoms with Crippen molar-refractivity contribution in [3.05, 3.63) is 34.6 Å². The van der Waals surface area contributed by atoms with Crippen molar-refractivity contribution in [3.63, 3.8) is 0 Å². The van der Waals surface area contributed by atoms with Gasteiger partial charge in [-0.3, -0.25) is 0 Å². The van der Waals surface area contributed by atoms with Gasteiger partial charge in [0.2, 0.25) is 0 Å². The molecular weight excluding hydrogens is 440 g/mol. The number of rotatable bonds is 6. The highest BCUT2D eigenvalue weighted by molar-refractivity contribution is 6.34. The first-order chi connectivity index (χ1) is 15.8. The summed E-state index contributed by atoms with van der Waals surface area (Å²) in [5.41, 5.74) is 9.07. The van der Waals surface area contributed by atoms with E-state index in [0.717, 1.165) is 56.0 Å². The Kier molecular flexibility index (Phi) is 7.15. The van der Waals surface area contributed by atoms with E-state index in [9.17, 15) is 5.11 Å². The minimum Gasteiger partial charge on any atom is -0.495 e. The van der Waals surface area contributed by atoms with Crippen LogP contribution in [0.4, 0.5) is 5.82 Å². The van der Waals surface area contributed by atoms with Crippen LogP contribution in [-0.2, 0) is 11.3 Å². The van der Waals surface area contributed by atoms with Crippen molar-refractivity contribution in [1.82, 2.24) is 9.97 Å². The Bertz CT molecular complexity index is 992. The third-order valence-electron chi connectivity index (χ3n) is 7.49. The molecule has 1 aromatic carbocycles. The van der Waals surface area contributed by atoms with E-state index in [1.54, 1.807) is 7.11 Å². The van der Waals surface area contributed by atoms with E-state index in [-0.39, 0.29) is 24.2 Å². The Hall–Kier alpha value is -1.93. The van der Waals surface area contributed by atoms with E-state index in [0.29, 0.717) is 28.1 Å². The fourth-order valence-corrected chi connectivity index (χ4v) is 5.35. The number of aromatic nitrogens is 2. The van der Waals surface area contributed by atoms with Crippen LogP contribution in [0, 0.1) is 18.3 Å². The Morgan fingerprint density at radius 1 is 1.30 bits per heavy atom. The van der Waals surface area contributed by atoms with E-state index in [2.05, 4.69) is 18.7 Å². The Morgan fingerprint density at radius 3 is 2.67 bits per heavy atom. The van der Waals surface area contributed by atoms with Gasteiger partial charge in [-0.05, 0) is 50.5 Å². The van der Waals surface area contributed by atoms with Crippen LogP contribution in [0.2, 0.25) is 5.02 Å². The van der Waals surface area contributed by atoms with Crippen LogP contribution < -0.4 is 15.4 Å². The zero-order valence-corrected chi connectivity index (χ0v) is 20.7. The van der Waals surface area contributed by atoms with Crippen LogP contribution in [0.25, 0.3) is 11.3 Å². The van der Waals surface area contributed by atoms with Gasteiger partial charge in [-0.1, -0.05) is 30.7 Å². The Balaban J connectivity index is 1.54. The molecule has 8 heteroatoms. The van der Waals surface area contributed by atoms with Crippen LogP contribution in [-0.4, -0.2) is 54.0 Å². The average Bonchev–Trinajstić information content (AvgIpc) is 3.22. The molecule has 3 heterocycles. The van der Waals surface area contributed by atoms with Crippen molar-refractivity contribution in [1.29, 1.82) is 0 Å². The molecule has 180 valence electrons. The second-order valence-corrected chi connectivity index (χ2v) is 10.0. The summed E-state index contributed by atoms with van der Waals surface area (Å²) in [6, 6.07) is 5.71. The van der Waals surface area contributed by atoms with Crippen molar-refractivity contribution in [2.45, 2.75) is 58.8 Å². The maximum atomic E-state index is 10.1. The minimum atomic E-state index is -0.185. The molecule has 0 amide bonds. The van der Waals surface area contributed by atoms with Gasteiger partial charge in [0, 0.05) is 24.7 Å². The standard InChI is InChI=1S/C25H35ClN4O3/c1-15(16(2)27)21-12-25(14-33-21)8-10-30(11-9-25)24-19(13-31)29-23(17(3)28-24)18-6-5-7-20(32-4)22(18)26/h5-7,15-16,21,31H,8-14,27H2,1-4H3/t15-,16-,21+/m0/s1. The third kappa shape index (κ3) is 4.69. The van der Waals surface area contributed by atoms with Crippen molar-refractivity contribution < 1.29 is 14.6 Å². The topological polar surface area (TPSA) is 93.7 Å². The molecule has 0 bridgehead atoms. The lowest BCUT2D eigenvalue weighted by atomic mass is 9.75. The number of aryl methyl sites for hydroxylation is 1. The number of methoxy groups -OCH3 is 1. The lowest BCUT2D eigenvalue weighted by molar-refractivity contribution is 0.0521. The maximum absolute atomic E-state index is 10.1. The van der Waals surface area contributed by atoms with Gasteiger partial charge in [0.15, 0.2) is 5.82 Å². The second kappa shape index (κ2) is 9.74. The van der Waals surface area contributed by atoms with Gasteiger partial charge in [0.25, 0.3) is 0 Å². The van der Waals surface area contributed by atoms with Crippen molar-refractivity contribution >= 4 is 17.4 Å². The predicted molar refractivity (Wildman–Crippen MR) is 131 cm³/mol. The monoisotopic (exact) mass is 474 g/mol. The Labute approximate surface area is 201 Å². The number of hydrogen-bond acceptors (Lipinski definition) is 7. The normalized spacial score (nSPS) is 21.9. The summed E-state index contributed by atoms with van der Waals surface area (Å²) in [4.78, 5) is 11.9. The molecule has 1 aromatic heterocycles. The van der Waals surface area contributed by atoms with Crippen molar-refractivity contribution in [2.75, 3.05) is 31.7 Å². The number of halogens is 1. The lowest BCUT2D eigenvalue weighted by Crippen LogP contribution is -2.42. The fraction of sp³-hybridized carbons (Fsp3) is 0.600. The number of piperidine rings is 1. The molecule has 33 heavy (non-hydrogen) atoms. The number of nitrogens with zero attached hydrogens (tertiary/aromatic N) is 3. The quantitative estimate of drug-likeness (QED) is 0.654. The van der Waals surface area contributed by atoms with E-state index in [1.165, 1.54) is 0 Å². The average molecular weight is 475 g/mol. The summed E-state index contributed by atoms with van der Waals surface area (Å²) >= 11 is 6.54. The largest absolute Gasteiger partial charge is 0.495 e. The number of aliphatic hydroxyl groups excluding tert-OH is 1. The highest BCUT2D eigenvalue weighted by atomic mass is 35.5. The zero-order valence-electron chi connectivity index (χ0n) is 20.0. The summed E-state index contributed by atoms with van der Waals surface area (Å²) in [5, 5.41) is 10.6. The van der Waals surface area contributed by atoms with Gasteiger partial charge >= 0.3 is 0 Å². The van der Waals surface area contributed by atoms with Crippen LogP contribution >= 0.6 is 11.6 Å². The SMILES string of the molecule is COc1cccc(-c2nc(CO)c(N3CCC4(CC3)CO[C@@H]([C@@H](C)[C@H](C)N)C4)nc2C)c1Cl. The predicted octanol–water partition coefficient (Wildman–Crippen LogP) is 3.97. The number of anilines is 1. The number of aliphatic hydroxyl groups is 1. The molecule has 2 saturated heterocycles. The molecule has 0 saturated carbocycles. The summed E-state index contributed by atoms with van der Waals surface area (Å²) in [6.45, 7) is 8.52. The van der Waals surface area contributed by atoms with Crippen molar-refractivity contribution in [2.24, 2.45) is 17.1 Å². The lowest BCUT2D eigenvalue weighted by Gasteiger charge is -2.39. The number of ether oxygens (including phenoxy) is 2. The van der Waals surface area contributed by atoms with Crippen LogP contribution in [0.1, 0.15) is 44.5 Å². The summed E-state index contributed by atoms with van der Waals surface area (Å²) in [6.07, 6.45) is 3.36. The molecule has 4 rings (SSSR count). The van der Waals surface area contributed by atoms with Gasteiger partial charge in [0.1, 0.15) is 11.4 Å². The molecule has 2 aliphatic heterocycles. The van der Waals surface area contributed by atoms with Gasteiger partial charge in [-0.15, -0.1) is 0 Å². The van der Waals surface area contributed by atoms with Gasteiger partial charge < -0.3 is 25.2 Å². The van der Waals surface area contributed by atoms with Crippen LogP contribution in [0.3, 0.4) is 0 Å². The second-order valence-electron chi connectivity index (χ2n) is 9.67. The highest BCUT2D eigenvalue weighted by Gasteiger charge is 2.44. The molecule has 7 nitrogen and oxygen atoms in total. The first-order valence-corrected chi connectivity index (χ1v) is 12.1. The van der Waals surface area contributed by atoms with E-state index < -0.39 is 0 Å². The number of hydrogen-bond donors (Lipinski definition) is 2. The maximum Gasteiger partial charge on any atom is 0.153 e. The first-order valence-electron chi connectivity index (χ1n) is 11.7. The van der Waals surface area contributed by atoms with E-state index >= 15 is 0 Å². The molecule has 1 spiro atoms. The molecule has 0 radical (unpaired) electrons.